The predicted octanol–water partition coefficient (Wildman–Crippen LogP) is 4.14. The highest BCUT2D eigenvalue weighted by atomic mass is 16.1. The van der Waals surface area contributed by atoms with Gasteiger partial charge in [0.05, 0.1) is 0 Å². The molecule has 1 atom stereocenters. The molecule has 1 nitrogen and oxygen atoms in total. The van der Waals surface area contributed by atoms with E-state index in [9.17, 15) is 4.79 Å². The van der Waals surface area contributed by atoms with E-state index in [0.29, 0.717) is 0 Å². The lowest BCUT2D eigenvalue weighted by Gasteiger charge is -2.57. The van der Waals surface area contributed by atoms with Gasteiger partial charge in [-0.25, -0.2) is 0 Å². The monoisotopic (exact) mass is 244 g/mol. The third-order valence-electron chi connectivity index (χ3n) is 5.86. The Morgan fingerprint density at radius 2 is 1.78 bits per heavy atom. The number of rotatable bonds is 2. The van der Waals surface area contributed by atoms with E-state index >= 15 is 0 Å². The van der Waals surface area contributed by atoms with Crippen LogP contribution in [0.1, 0.15) is 52.2 Å². The number of benzene rings is 1. The largest absolute Gasteiger partial charge is 0.303 e. The third kappa shape index (κ3) is 1.43. The first-order valence-corrected chi connectivity index (χ1v) is 6.87. The first-order chi connectivity index (χ1) is 8.32. The maximum Gasteiger partial charge on any atom is 0.127 e. The smallest absolute Gasteiger partial charge is 0.127 e. The summed E-state index contributed by atoms with van der Waals surface area (Å²) in [5.74, 6) is 0. The Morgan fingerprint density at radius 3 is 2.33 bits per heavy atom. The highest BCUT2D eigenvalue weighted by molar-refractivity contribution is 5.65. The van der Waals surface area contributed by atoms with Gasteiger partial charge in [-0.15, -0.1) is 0 Å². The minimum atomic E-state index is -0.245. The van der Waals surface area contributed by atoms with Gasteiger partial charge in [-0.3, -0.25) is 0 Å². The van der Waals surface area contributed by atoms with E-state index in [4.69, 9.17) is 0 Å². The molecule has 0 saturated carbocycles. The summed E-state index contributed by atoms with van der Waals surface area (Å²) in [6, 6.07) is 8.59. The van der Waals surface area contributed by atoms with E-state index < -0.39 is 0 Å². The Bertz CT molecular complexity index is 470. The summed E-state index contributed by atoms with van der Waals surface area (Å²) in [6.07, 6.45) is 2.99. The van der Waals surface area contributed by atoms with Gasteiger partial charge in [0.15, 0.2) is 0 Å². The number of carbonyl (C=O) groups excluding carboxylic acids is 1. The summed E-state index contributed by atoms with van der Waals surface area (Å²) < 4.78 is 0. The van der Waals surface area contributed by atoms with Gasteiger partial charge in [0.1, 0.15) is 6.29 Å². The van der Waals surface area contributed by atoms with Crippen LogP contribution in [0.4, 0.5) is 0 Å². The van der Waals surface area contributed by atoms with E-state index in [-0.39, 0.29) is 16.2 Å². The van der Waals surface area contributed by atoms with Gasteiger partial charge in [-0.2, -0.15) is 0 Å². The zero-order chi connectivity index (χ0) is 13.6. The normalized spacial score (nSPS) is 28.5. The first-order valence-electron chi connectivity index (χ1n) is 6.87. The van der Waals surface area contributed by atoms with Crippen molar-refractivity contribution in [2.75, 3.05) is 0 Å². The standard InChI is InChI=1S/C17H24O/c1-6-17(12-18)11-13-9-7-8-10-14(13)15(2,3)16(17,4)5/h7-10,12H,6,11H2,1-5H3. The molecule has 0 heterocycles. The number of carbonyl (C=O) groups is 1. The van der Waals surface area contributed by atoms with Crippen LogP contribution in [-0.4, -0.2) is 6.29 Å². The molecular weight excluding hydrogens is 220 g/mol. The van der Waals surface area contributed by atoms with Crippen molar-refractivity contribution in [2.24, 2.45) is 10.8 Å². The van der Waals surface area contributed by atoms with E-state index in [1.807, 2.05) is 0 Å². The van der Waals surface area contributed by atoms with E-state index in [1.165, 1.54) is 17.4 Å². The Hall–Kier alpha value is -1.11. The minimum absolute atomic E-state index is 0.0127. The van der Waals surface area contributed by atoms with Gasteiger partial charge in [0.25, 0.3) is 0 Å². The van der Waals surface area contributed by atoms with Crippen LogP contribution in [0, 0.1) is 10.8 Å². The van der Waals surface area contributed by atoms with Crippen molar-refractivity contribution in [1.82, 2.24) is 0 Å². The molecule has 0 amide bonds. The lowest BCUT2D eigenvalue weighted by molar-refractivity contribution is -0.128. The predicted molar refractivity (Wildman–Crippen MR) is 75.7 cm³/mol. The van der Waals surface area contributed by atoms with Gasteiger partial charge in [0, 0.05) is 5.41 Å². The van der Waals surface area contributed by atoms with E-state index in [1.54, 1.807) is 0 Å². The lowest BCUT2D eigenvalue weighted by atomic mass is 9.46. The Labute approximate surface area is 111 Å². The summed E-state index contributed by atoms with van der Waals surface area (Å²) in [6.45, 7) is 11.2. The zero-order valence-corrected chi connectivity index (χ0v) is 12.2. The van der Waals surface area contributed by atoms with Crippen molar-refractivity contribution in [3.05, 3.63) is 35.4 Å². The molecule has 0 fully saturated rings. The summed E-state index contributed by atoms with van der Waals surface area (Å²) in [4.78, 5) is 11.8. The van der Waals surface area contributed by atoms with Gasteiger partial charge < -0.3 is 4.79 Å². The summed E-state index contributed by atoms with van der Waals surface area (Å²) in [7, 11) is 0. The van der Waals surface area contributed by atoms with Crippen molar-refractivity contribution < 1.29 is 4.79 Å². The topological polar surface area (TPSA) is 17.1 Å². The highest BCUT2D eigenvalue weighted by Crippen LogP contribution is 2.59. The molecule has 0 N–H and O–H groups in total. The average molecular weight is 244 g/mol. The number of fused-ring (bicyclic) bond motifs is 1. The van der Waals surface area contributed by atoms with Crippen molar-refractivity contribution in [3.63, 3.8) is 0 Å². The second-order valence-corrected chi connectivity index (χ2v) is 6.71. The molecule has 2 rings (SSSR count). The lowest BCUT2D eigenvalue weighted by Crippen LogP contribution is -2.55. The molecule has 1 aliphatic carbocycles. The molecule has 1 aromatic rings. The third-order valence-corrected chi connectivity index (χ3v) is 5.86. The fourth-order valence-corrected chi connectivity index (χ4v) is 3.64. The van der Waals surface area contributed by atoms with Crippen molar-refractivity contribution in [1.29, 1.82) is 0 Å². The maximum absolute atomic E-state index is 11.8. The van der Waals surface area contributed by atoms with Crippen LogP contribution < -0.4 is 0 Å². The molecule has 0 aliphatic heterocycles. The quantitative estimate of drug-likeness (QED) is 0.714. The van der Waals surface area contributed by atoms with Crippen molar-refractivity contribution in [3.8, 4) is 0 Å². The minimum Gasteiger partial charge on any atom is -0.303 e. The molecule has 1 unspecified atom stereocenters. The summed E-state index contributed by atoms with van der Waals surface area (Å²) in [5, 5.41) is 0. The van der Waals surface area contributed by atoms with Gasteiger partial charge in [-0.05, 0) is 34.8 Å². The molecule has 0 bridgehead atoms. The second-order valence-electron chi connectivity index (χ2n) is 6.71. The molecular formula is C17H24O. The molecule has 1 heteroatoms. The Kier molecular flexibility index (Phi) is 2.92. The molecule has 1 aromatic carbocycles. The van der Waals surface area contributed by atoms with Crippen LogP contribution in [0.3, 0.4) is 0 Å². The molecule has 0 radical (unpaired) electrons. The summed E-state index contributed by atoms with van der Waals surface area (Å²) >= 11 is 0. The van der Waals surface area contributed by atoms with Gasteiger partial charge in [-0.1, -0.05) is 58.9 Å². The Balaban J connectivity index is 2.72. The molecule has 0 spiro atoms. The van der Waals surface area contributed by atoms with Crippen molar-refractivity contribution >= 4 is 6.29 Å². The fraction of sp³-hybridized carbons (Fsp3) is 0.588. The molecule has 18 heavy (non-hydrogen) atoms. The van der Waals surface area contributed by atoms with Crippen molar-refractivity contribution in [2.45, 2.75) is 52.9 Å². The summed E-state index contributed by atoms with van der Waals surface area (Å²) in [5.41, 5.74) is 2.48. The van der Waals surface area contributed by atoms with Gasteiger partial charge >= 0.3 is 0 Å². The van der Waals surface area contributed by atoms with Crippen LogP contribution in [0.2, 0.25) is 0 Å². The van der Waals surface area contributed by atoms with E-state index in [2.05, 4.69) is 58.9 Å². The zero-order valence-electron chi connectivity index (χ0n) is 12.2. The maximum atomic E-state index is 11.8. The highest BCUT2D eigenvalue weighted by Gasteiger charge is 2.56. The van der Waals surface area contributed by atoms with Crippen LogP contribution in [0.5, 0.6) is 0 Å². The molecule has 0 aromatic heterocycles. The van der Waals surface area contributed by atoms with Crippen LogP contribution in [0.25, 0.3) is 0 Å². The second kappa shape index (κ2) is 3.94. The van der Waals surface area contributed by atoms with Gasteiger partial charge in [0.2, 0.25) is 0 Å². The van der Waals surface area contributed by atoms with E-state index in [0.717, 1.165) is 12.8 Å². The number of hydrogen-bond donors (Lipinski definition) is 0. The Morgan fingerprint density at radius 1 is 1.17 bits per heavy atom. The average Bonchev–Trinajstić information content (AvgIpc) is 2.34. The fourth-order valence-electron chi connectivity index (χ4n) is 3.64. The first kappa shape index (κ1) is 13.3. The number of aldehydes is 1. The molecule has 1 aliphatic rings. The molecule has 98 valence electrons. The SMILES string of the molecule is CCC1(C=O)Cc2ccccc2C(C)(C)C1(C)C. The van der Waals surface area contributed by atoms with Crippen LogP contribution in [0.15, 0.2) is 24.3 Å². The van der Waals surface area contributed by atoms with Crippen LogP contribution in [-0.2, 0) is 16.6 Å². The number of hydrogen-bond acceptors (Lipinski definition) is 1. The van der Waals surface area contributed by atoms with Crippen LogP contribution >= 0.6 is 0 Å². The molecule has 0 saturated heterocycles.